The zero-order valence-electron chi connectivity index (χ0n) is 17.5. The molecule has 1 amide bonds. The molecule has 0 aromatic heterocycles. The molecule has 1 N–H and O–H groups in total. The van der Waals surface area contributed by atoms with E-state index < -0.39 is 11.7 Å². The average molecular weight is 376 g/mol. The second kappa shape index (κ2) is 9.16. The number of carbonyl (C=O) groups excluding carboxylic acids is 1. The zero-order valence-corrected chi connectivity index (χ0v) is 17.5. The van der Waals surface area contributed by atoms with Crippen molar-refractivity contribution in [3.8, 4) is 11.5 Å². The minimum absolute atomic E-state index is 0.295. The van der Waals surface area contributed by atoms with E-state index >= 15 is 0 Å². The summed E-state index contributed by atoms with van der Waals surface area (Å²) in [7, 11) is 1.70. The van der Waals surface area contributed by atoms with Gasteiger partial charge in [0.2, 0.25) is 0 Å². The minimum Gasteiger partial charge on any atom is -0.496 e. The number of methoxy groups -OCH3 is 1. The Hall–Kier alpha value is -2.17. The fraction of sp³-hybridized carbons (Fsp3) is 0.591. The topological polar surface area (TPSA) is 56.8 Å². The largest absolute Gasteiger partial charge is 0.496 e. The maximum Gasteiger partial charge on any atom is 0.407 e. The van der Waals surface area contributed by atoms with Crippen LogP contribution in [0.5, 0.6) is 11.5 Å². The molecule has 5 nitrogen and oxygen atoms in total. The highest BCUT2D eigenvalue weighted by Crippen LogP contribution is 2.42. The molecule has 0 heterocycles. The van der Waals surface area contributed by atoms with Crippen molar-refractivity contribution in [2.75, 3.05) is 20.3 Å². The van der Waals surface area contributed by atoms with E-state index in [1.807, 2.05) is 33.8 Å². The smallest absolute Gasteiger partial charge is 0.407 e. The summed E-state index contributed by atoms with van der Waals surface area (Å²) in [6, 6.07) is 4.10. The molecule has 27 heavy (non-hydrogen) atoms. The number of benzene rings is 1. The van der Waals surface area contributed by atoms with Gasteiger partial charge in [0.05, 0.1) is 13.7 Å². The predicted molar refractivity (Wildman–Crippen MR) is 108 cm³/mol. The fourth-order valence-electron chi connectivity index (χ4n) is 3.35. The van der Waals surface area contributed by atoms with E-state index in [2.05, 4.69) is 24.4 Å². The molecule has 0 saturated carbocycles. The van der Waals surface area contributed by atoms with Gasteiger partial charge in [-0.25, -0.2) is 4.79 Å². The first-order chi connectivity index (χ1) is 12.7. The molecule has 1 atom stereocenters. The number of allylic oxidation sites excluding steroid dienone is 2. The van der Waals surface area contributed by atoms with E-state index in [1.165, 1.54) is 12.0 Å². The van der Waals surface area contributed by atoms with Gasteiger partial charge >= 0.3 is 6.09 Å². The Morgan fingerprint density at radius 1 is 1.22 bits per heavy atom. The summed E-state index contributed by atoms with van der Waals surface area (Å²) in [4.78, 5) is 11.8. The van der Waals surface area contributed by atoms with E-state index in [9.17, 15) is 4.79 Å². The van der Waals surface area contributed by atoms with Crippen LogP contribution in [0.1, 0.15) is 64.0 Å². The lowest BCUT2D eigenvalue weighted by Gasteiger charge is -2.25. The number of ether oxygens (including phenoxy) is 3. The molecule has 1 aliphatic rings. The first kappa shape index (κ1) is 21.1. The first-order valence-electron chi connectivity index (χ1n) is 9.65. The van der Waals surface area contributed by atoms with Crippen LogP contribution in [-0.4, -0.2) is 32.0 Å². The third-order valence-corrected chi connectivity index (χ3v) is 4.44. The van der Waals surface area contributed by atoms with Crippen LogP contribution in [-0.2, 0) is 4.74 Å². The van der Waals surface area contributed by atoms with Gasteiger partial charge < -0.3 is 19.5 Å². The fourth-order valence-corrected chi connectivity index (χ4v) is 3.35. The summed E-state index contributed by atoms with van der Waals surface area (Å²) in [5.41, 5.74) is 3.08. The average Bonchev–Trinajstić information content (AvgIpc) is 2.56. The van der Waals surface area contributed by atoms with Gasteiger partial charge in [-0.2, -0.15) is 0 Å². The van der Waals surface area contributed by atoms with Crippen LogP contribution in [0.25, 0.3) is 0 Å². The van der Waals surface area contributed by atoms with E-state index in [-0.39, 0.29) is 0 Å². The highest BCUT2D eigenvalue weighted by molar-refractivity contribution is 5.67. The van der Waals surface area contributed by atoms with Gasteiger partial charge in [-0.15, -0.1) is 0 Å². The van der Waals surface area contributed by atoms with E-state index in [1.54, 1.807) is 7.11 Å². The quantitative estimate of drug-likeness (QED) is 0.554. The van der Waals surface area contributed by atoms with E-state index in [0.717, 1.165) is 35.5 Å². The van der Waals surface area contributed by atoms with Gasteiger partial charge in [-0.1, -0.05) is 11.6 Å². The normalized spacial score (nSPS) is 17.1. The van der Waals surface area contributed by atoms with Crippen LogP contribution in [0.4, 0.5) is 4.79 Å². The maximum absolute atomic E-state index is 11.8. The van der Waals surface area contributed by atoms with Gasteiger partial charge in [-0.05, 0) is 71.6 Å². The number of hydrogen-bond donors (Lipinski definition) is 1. The van der Waals surface area contributed by atoms with Gasteiger partial charge in [0, 0.05) is 11.5 Å². The Bertz CT molecular complexity index is 688. The molecule has 150 valence electrons. The molecule has 1 aromatic carbocycles. The van der Waals surface area contributed by atoms with Gasteiger partial charge in [0.25, 0.3) is 0 Å². The van der Waals surface area contributed by atoms with Crippen LogP contribution < -0.4 is 14.8 Å². The Morgan fingerprint density at radius 3 is 2.56 bits per heavy atom. The summed E-state index contributed by atoms with van der Waals surface area (Å²) in [5, 5.41) is 2.73. The van der Waals surface area contributed by atoms with Gasteiger partial charge in [0.15, 0.2) is 0 Å². The Morgan fingerprint density at radius 2 is 1.93 bits per heavy atom. The molecule has 0 radical (unpaired) electrons. The summed E-state index contributed by atoms with van der Waals surface area (Å²) in [6.07, 6.45) is 5.30. The summed E-state index contributed by atoms with van der Waals surface area (Å²) < 4.78 is 16.9. The van der Waals surface area contributed by atoms with Crippen LogP contribution in [0, 0.1) is 6.92 Å². The predicted octanol–water partition coefficient (Wildman–Crippen LogP) is 5.12. The number of nitrogens with one attached hydrogen (secondary N) is 1. The number of aryl methyl sites for hydroxylation is 1. The monoisotopic (exact) mass is 375 g/mol. The number of rotatable bonds is 6. The number of amides is 1. The molecular weight excluding hydrogens is 342 g/mol. The van der Waals surface area contributed by atoms with Crippen molar-refractivity contribution in [1.82, 2.24) is 5.32 Å². The van der Waals surface area contributed by atoms with Crippen LogP contribution in [0.15, 0.2) is 23.8 Å². The first-order valence-corrected chi connectivity index (χ1v) is 9.65. The molecular formula is C22H33NO4. The zero-order chi connectivity index (χ0) is 20.0. The van der Waals surface area contributed by atoms with Crippen molar-refractivity contribution in [1.29, 1.82) is 0 Å². The molecule has 0 fully saturated rings. The van der Waals surface area contributed by atoms with Crippen molar-refractivity contribution in [2.24, 2.45) is 0 Å². The molecule has 0 saturated heterocycles. The second-order valence-electron chi connectivity index (χ2n) is 8.17. The summed E-state index contributed by atoms with van der Waals surface area (Å²) in [6.45, 7) is 10.5. The molecule has 5 heteroatoms. The van der Waals surface area contributed by atoms with E-state index in [0.29, 0.717) is 19.1 Å². The Balaban J connectivity index is 2.08. The minimum atomic E-state index is -0.507. The lowest BCUT2D eigenvalue weighted by molar-refractivity contribution is 0.0520. The van der Waals surface area contributed by atoms with Crippen LogP contribution in [0.2, 0.25) is 0 Å². The standard InChI is InChI=1S/C22H33NO4/c1-15-8-7-9-17(12-15)20-18(25-6)13-16(2)14-19(20)26-11-10-23-21(24)27-22(3,4)5/h12-14,17H,7-11H2,1-6H3,(H,23,24). The number of alkyl carbamates (subject to hydrolysis) is 1. The molecule has 0 bridgehead atoms. The third kappa shape index (κ3) is 6.49. The summed E-state index contributed by atoms with van der Waals surface area (Å²) in [5.74, 6) is 1.98. The van der Waals surface area contributed by atoms with Crippen LogP contribution >= 0.6 is 0 Å². The lowest BCUT2D eigenvalue weighted by atomic mass is 9.85. The van der Waals surface area contributed by atoms with Crippen molar-refractivity contribution in [3.05, 3.63) is 34.9 Å². The molecule has 1 unspecified atom stereocenters. The Labute approximate surface area is 163 Å². The number of hydrogen-bond acceptors (Lipinski definition) is 4. The van der Waals surface area contributed by atoms with Crippen molar-refractivity contribution >= 4 is 6.09 Å². The molecule has 2 rings (SSSR count). The SMILES string of the molecule is COc1cc(C)cc(OCCNC(=O)OC(C)(C)C)c1C1C=C(C)CCC1. The molecule has 0 spiro atoms. The number of carbonyl (C=O) groups is 1. The molecule has 1 aliphatic carbocycles. The van der Waals surface area contributed by atoms with Crippen molar-refractivity contribution in [2.45, 2.75) is 65.4 Å². The van der Waals surface area contributed by atoms with Crippen LogP contribution in [0.3, 0.4) is 0 Å². The summed E-state index contributed by atoms with van der Waals surface area (Å²) >= 11 is 0. The third-order valence-electron chi connectivity index (χ3n) is 4.44. The van der Waals surface area contributed by atoms with E-state index in [4.69, 9.17) is 14.2 Å². The second-order valence-corrected chi connectivity index (χ2v) is 8.17. The van der Waals surface area contributed by atoms with Gasteiger partial charge in [0.1, 0.15) is 23.7 Å². The maximum atomic E-state index is 11.8. The van der Waals surface area contributed by atoms with Crippen molar-refractivity contribution < 1.29 is 19.0 Å². The highest BCUT2D eigenvalue weighted by atomic mass is 16.6. The molecule has 0 aliphatic heterocycles. The van der Waals surface area contributed by atoms with Crippen molar-refractivity contribution in [3.63, 3.8) is 0 Å². The lowest BCUT2D eigenvalue weighted by Crippen LogP contribution is -2.34. The highest BCUT2D eigenvalue weighted by Gasteiger charge is 2.23. The van der Waals surface area contributed by atoms with Gasteiger partial charge in [-0.3, -0.25) is 0 Å². The Kier molecular flexibility index (Phi) is 7.17. The molecule has 1 aromatic rings.